The number of hydrogen-bond acceptors (Lipinski definition) is 3. The van der Waals surface area contributed by atoms with E-state index in [9.17, 15) is 4.79 Å². The van der Waals surface area contributed by atoms with E-state index in [1.54, 1.807) is 12.5 Å². The van der Waals surface area contributed by atoms with Crippen molar-refractivity contribution in [2.24, 2.45) is 5.73 Å². The predicted molar refractivity (Wildman–Crippen MR) is 67.4 cm³/mol. The number of carbonyl (C=O) groups excluding carboxylic acids is 1. The smallest absolute Gasteiger partial charge is 0.220 e. The van der Waals surface area contributed by atoms with Crippen molar-refractivity contribution in [1.29, 1.82) is 0 Å². The van der Waals surface area contributed by atoms with E-state index in [0.29, 0.717) is 13.0 Å². The van der Waals surface area contributed by atoms with Gasteiger partial charge in [0.1, 0.15) is 0 Å². The maximum Gasteiger partial charge on any atom is 0.220 e. The Kier molecular flexibility index (Phi) is 7.06. The molecular weight excluding hydrogens is 216 g/mol. The van der Waals surface area contributed by atoms with Crippen LogP contribution in [0.3, 0.4) is 0 Å². The molecule has 0 atom stereocenters. The molecule has 0 aliphatic carbocycles. The largest absolute Gasteiger partial charge is 0.354 e. The summed E-state index contributed by atoms with van der Waals surface area (Å²) in [6.45, 7) is 2.19. The molecular formula is C12H22N4O. The van der Waals surface area contributed by atoms with Gasteiger partial charge in [-0.05, 0) is 19.4 Å². The Morgan fingerprint density at radius 1 is 1.29 bits per heavy atom. The van der Waals surface area contributed by atoms with Gasteiger partial charge >= 0.3 is 0 Å². The van der Waals surface area contributed by atoms with E-state index in [1.165, 1.54) is 0 Å². The molecule has 0 saturated heterocycles. The van der Waals surface area contributed by atoms with Crippen molar-refractivity contribution in [2.75, 3.05) is 13.1 Å². The summed E-state index contributed by atoms with van der Waals surface area (Å²) in [5, 5.41) is 2.90. The zero-order valence-corrected chi connectivity index (χ0v) is 10.3. The average Bonchev–Trinajstić information content (AvgIpc) is 2.82. The molecule has 0 fully saturated rings. The van der Waals surface area contributed by atoms with Crippen molar-refractivity contribution in [3.05, 3.63) is 18.7 Å². The van der Waals surface area contributed by atoms with Crippen LogP contribution in [-0.2, 0) is 11.3 Å². The lowest BCUT2D eigenvalue weighted by Gasteiger charge is -2.05. The second-order valence-electron chi connectivity index (χ2n) is 4.10. The Hall–Kier alpha value is -1.36. The molecule has 17 heavy (non-hydrogen) atoms. The number of amides is 1. The maximum atomic E-state index is 11.4. The Balaban J connectivity index is 1.94. The maximum absolute atomic E-state index is 11.4. The Labute approximate surface area is 102 Å². The number of carbonyl (C=O) groups is 1. The van der Waals surface area contributed by atoms with Crippen molar-refractivity contribution < 1.29 is 4.79 Å². The van der Waals surface area contributed by atoms with Crippen LogP contribution in [0.15, 0.2) is 18.7 Å². The van der Waals surface area contributed by atoms with Crippen molar-refractivity contribution in [2.45, 2.75) is 38.6 Å². The van der Waals surface area contributed by atoms with Crippen molar-refractivity contribution in [3.8, 4) is 0 Å². The lowest BCUT2D eigenvalue weighted by molar-refractivity contribution is -0.121. The number of nitrogens with two attached hydrogens (primary N) is 1. The van der Waals surface area contributed by atoms with Gasteiger partial charge in [-0.25, -0.2) is 4.98 Å². The Bertz CT molecular complexity index is 297. The van der Waals surface area contributed by atoms with E-state index in [4.69, 9.17) is 5.73 Å². The molecule has 0 radical (unpaired) electrons. The minimum atomic E-state index is 0.137. The monoisotopic (exact) mass is 238 g/mol. The molecule has 5 nitrogen and oxygen atoms in total. The minimum absolute atomic E-state index is 0.137. The second-order valence-corrected chi connectivity index (χ2v) is 4.10. The van der Waals surface area contributed by atoms with E-state index >= 15 is 0 Å². The highest BCUT2D eigenvalue weighted by atomic mass is 16.1. The summed E-state index contributed by atoms with van der Waals surface area (Å²) in [4.78, 5) is 15.4. The van der Waals surface area contributed by atoms with Crippen LogP contribution >= 0.6 is 0 Å². The lowest BCUT2D eigenvalue weighted by Crippen LogP contribution is -2.26. The third kappa shape index (κ3) is 6.73. The summed E-state index contributed by atoms with van der Waals surface area (Å²) in [6.07, 6.45) is 10.2. The number of unbranched alkanes of at least 4 members (excludes halogenated alkanes) is 3. The molecule has 3 N–H and O–H groups in total. The number of aromatic nitrogens is 2. The quantitative estimate of drug-likeness (QED) is 0.628. The topological polar surface area (TPSA) is 72.9 Å². The number of nitrogens with one attached hydrogen (secondary N) is 1. The van der Waals surface area contributed by atoms with Gasteiger partial charge in [0.15, 0.2) is 0 Å². The molecule has 0 aliphatic rings. The summed E-state index contributed by atoms with van der Waals surface area (Å²) in [7, 11) is 0. The fourth-order valence-corrected chi connectivity index (χ4v) is 1.62. The van der Waals surface area contributed by atoms with Gasteiger partial charge in [0.2, 0.25) is 5.91 Å². The van der Waals surface area contributed by atoms with Gasteiger partial charge in [0.25, 0.3) is 0 Å². The second kappa shape index (κ2) is 8.75. The summed E-state index contributed by atoms with van der Waals surface area (Å²) in [5.41, 5.74) is 5.40. The van der Waals surface area contributed by atoms with Crippen molar-refractivity contribution >= 4 is 5.91 Å². The van der Waals surface area contributed by atoms with Gasteiger partial charge in [-0.2, -0.15) is 0 Å². The van der Waals surface area contributed by atoms with E-state index < -0.39 is 0 Å². The summed E-state index contributed by atoms with van der Waals surface area (Å²) in [6, 6.07) is 0. The first-order valence-electron chi connectivity index (χ1n) is 6.25. The van der Waals surface area contributed by atoms with Crippen LogP contribution in [-0.4, -0.2) is 28.5 Å². The summed E-state index contributed by atoms with van der Waals surface area (Å²) < 4.78 is 1.95. The highest BCUT2D eigenvalue weighted by Crippen LogP contribution is 2.01. The van der Waals surface area contributed by atoms with Crippen LogP contribution in [0.25, 0.3) is 0 Å². The molecule has 5 heteroatoms. The zero-order valence-electron chi connectivity index (χ0n) is 10.3. The molecule has 0 spiro atoms. The molecule has 0 saturated carbocycles. The van der Waals surface area contributed by atoms with E-state index in [0.717, 1.165) is 38.8 Å². The van der Waals surface area contributed by atoms with E-state index in [2.05, 4.69) is 10.3 Å². The first-order valence-corrected chi connectivity index (χ1v) is 6.25. The molecule has 0 aromatic carbocycles. The van der Waals surface area contributed by atoms with Gasteiger partial charge in [-0.3, -0.25) is 4.79 Å². The Morgan fingerprint density at radius 2 is 2.12 bits per heavy atom. The van der Waals surface area contributed by atoms with Crippen LogP contribution < -0.4 is 11.1 Å². The third-order valence-corrected chi connectivity index (χ3v) is 2.61. The fraction of sp³-hybridized carbons (Fsp3) is 0.667. The van der Waals surface area contributed by atoms with Crippen LogP contribution in [0, 0.1) is 0 Å². The lowest BCUT2D eigenvalue weighted by atomic mass is 10.1. The first-order chi connectivity index (χ1) is 8.33. The third-order valence-electron chi connectivity index (χ3n) is 2.61. The van der Waals surface area contributed by atoms with Gasteiger partial charge in [0.05, 0.1) is 6.33 Å². The molecule has 0 unspecified atom stereocenters. The number of imidazole rings is 1. The van der Waals surface area contributed by atoms with E-state index in [1.807, 2.05) is 10.8 Å². The number of nitrogens with zero attached hydrogens (tertiary/aromatic N) is 2. The van der Waals surface area contributed by atoms with Gasteiger partial charge < -0.3 is 15.6 Å². The van der Waals surface area contributed by atoms with Crippen molar-refractivity contribution in [1.82, 2.24) is 14.9 Å². The molecule has 1 rings (SSSR count). The van der Waals surface area contributed by atoms with Gasteiger partial charge in [-0.15, -0.1) is 0 Å². The molecule has 1 aromatic rings. The SMILES string of the molecule is NCCCCCCC(=O)NCCn1ccnc1. The predicted octanol–water partition coefficient (Wildman–Crippen LogP) is 0.909. The standard InChI is InChI=1S/C12H22N4O/c13-6-4-2-1-3-5-12(17)15-8-10-16-9-7-14-11-16/h7,9,11H,1-6,8,10,13H2,(H,15,17). The normalized spacial score (nSPS) is 10.4. The van der Waals surface area contributed by atoms with Crippen LogP contribution in [0.1, 0.15) is 32.1 Å². The molecule has 0 bridgehead atoms. The van der Waals surface area contributed by atoms with Crippen LogP contribution in [0.2, 0.25) is 0 Å². The molecule has 1 amide bonds. The summed E-state index contributed by atoms with van der Waals surface area (Å²) in [5.74, 6) is 0.137. The van der Waals surface area contributed by atoms with E-state index in [-0.39, 0.29) is 5.91 Å². The average molecular weight is 238 g/mol. The van der Waals surface area contributed by atoms with Gasteiger partial charge in [0, 0.05) is 31.9 Å². The number of rotatable bonds is 9. The zero-order chi connectivity index (χ0) is 12.3. The molecule has 1 heterocycles. The van der Waals surface area contributed by atoms with Crippen LogP contribution in [0.5, 0.6) is 0 Å². The highest BCUT2D eigenvalue weighted by molar-refractivity contribution is 5.75. The molecule has 96 valence electrons. The minimum Gasteiger partial charge on any atom is -0.354 e. The molecule has 1 aromatic heterocycles. The Morgan fingerprint density at radius 3 is 2.82 bits per heavy atom. The van der Waals surface area contributed by atoms with Crippen LogP contribution in [0.4, 0.5) is 0 Å². The fourth-order valence-electron chi connectivity index (χ4n) is 1.62. The molecule has 0 aliphatic heterocycles. The van der Waals surface area contributed by atoms with Gasteiger partial charge in [-0.1, -0.05) is 12.8 Å². The van der Waals surface area contributed by atoms with Crippen molar-refractivity contribution in [3.63, 3.8) is 0 Å². The summed E-state index contributed by atoms with van der Waals surface area (Å²) >= 11 is 0. The first kappa shape index (κ1) is 13.7. The number of hydrogen-bond donors (Lipinski definition) is 2. The highest BCUT2D eigenvalue weighted by Gasteiger charge is 2.00.